The van der Waals surface area contributed by atoms with Crippen LogP contribution in [0.5, 0.6) is 0 Å². The summed E-state index contributed by atoms with van der Waals surface area (Å²) in [6.45, 7) is 0. The normalized spacial score (nSPS) is 20.9. The highest BCUT2D eigenvalue weighted by molar-refractivity contribution is 6.31. The molecule has 2 aromatic rings. The minimum absolute atomic E-state index is 0.0677. The number of carbonyl (C=O) groups is 2. The minimum Gasteiger partial charge on any atom is -0.441 e. The molecule has 0 fully saturated rings. The average Bonchev–Trinajstić information content (AvgIpc) is 2.69. The average molecular weight is 468 g/mol. The highest BCUT2D eigenvalue weighted by atomic mass is 35.5. The summed E-state index contributed by atoms with van der Waals surface area (Å²) in [4.78, 5) is 30.0. The Kier molecular flexibility index (Phi) is 5.56. The van der Waals surface area contributed by atoms with Crippen LogP contribution >= 0.6 is 11.6 Å². The zero-order valence-corrected chi connectivity index (χ0v) is 18.1. The maximum absolute atomic E-state index is 12.8. The summed E-state index contributed by atoms with van der Waals surface area (Å²) < 4.78 is 43.2. The molecule has 2 aliphatic rings. The first-order valence-corrected chi connectivity index (χ1v) is 10.4. The number of ether oxygens (including phenoxy) is 1. The number of allylic oxidation sites excluding steroid dienone is 1. The number of likely N-dealkylation sites (N-methyl/N-ethyl adjacent to an activating group) is 1. The van der Waals surface area contributed by atoms with Crippen LogP contribution in [0.25, 0.3) is 10.9 Å². The van der Waals surface area contributed by atoms with E-state index < -0.39 is 24.2 Å². The Balaban J connectivity index is 1.72. The Morgan fingerprint density at radius 2 is 2.00 bits per heavy atom. The smallest absolute Gasteiger partial charge is 0.441 e. The van der Waals surface area contributed by atoms with Gasteiger partial charge in [-0.25, -0.2) is 4.79 Å². The Morgan fingerprint density at radius 3 is 2.66 bits per heavy atom. The van der Waals surface area contributed by atoms with Gasteiger partial charge < -0.3 is 15.4 Å². The van der Waals surface area contributed by atoms with Gasteiger partial charge in [0, 0.05) is 41.4 Å². The number of aromatic nitrogens is 1. The van der Waals surface area contributed by atoms with Crippen LogP contribution in [0.15, 0.2) is 29.8 Å². The predicted octanol–water partition coefficient (Wildman–Crippen LogP) is 4.01. The molecule has 1 aromatic carbocycles. The van der Waals surface area contributed by atoms with Crippen molar-refractivity contribution in [1.29, 1.82) is 0 Å². The van der Waals surface area contributed by atoms with E-state index in [0.717, 1.165) is 28.0 Å². The van der Waals surface area contributed by atoms with Crippen LogP contribution in [0.2, 0.25) is 5.02 Å². The maximum Gasteiger partial charge on any atom is 0.490 e. The second-order valence-electron chi connectivity index (χ2n) is 8.41. The molecule has 4 rings (SSSR count). The van der Waals surface area contributed by atoms with Gasteiger partial charge in [0.25, 0.3) is 5.91 Å². The molecule has 10 heteroatoms. The molecule has 2 bridgehead atoms. The third-order valence-corrected chi connectivity index (χ3v) is 6.18. The lowest BCUT2D eigenvalue weighted by atomic mass is 9.70. The molecular formula is C22H21ClF3N3O3. The van der Waals surface area contributed by atoms with Crippen LogP contribution in [-0.2, 0) is 20.7 Å². The lowest BCUT2D eigenvalue weighted by Crippen LogP contribution is -2.42. The topological polar surface area (TPSA) is 85.5 Å². The van der Waals surface area contributed by atoms with Gasteiger partial charge in [0.05, 0.1) is 5.52 Å². The SMILES string of the molecule is CN(C)C(=O)C(OC(=O)C(F)(F)F)C1=CC2Cc3nc4cc(Cl)ccc4c(N)c3C(C1)C2. The van der Waals surface area contributed by atoms with E-state index in [1.807, 2.05) is 0 Å². The number of pyridine rings is 1. The quantitative estimate of drug-likeness (QED) is 0.544. The fourth-order valence-corrected chi connectivity index (χ4v) is 4.78. The molecule has 2 aliphatic carbocycles. The summed E-state index contributed by atoms with van der Waals surface area (Å²) in [5.74, 6) is -3.34. The number of nitrogens with zero attached hydrogens (tertiary/aromatic N) is 2. The number of amides is 1. The first-order chi connectivity index (χ1) is 15.0. The van der Waals surface area contributed by atoms with Crippen LogP contribution in [-0.4, -0.2) is 48.1 Å². The number of hydrogen-bond acceptors (Lipinski definition) is 5. The van der Waals surface area contributed by atoms with Crippen molar-refractivity contribution in [2.24, 2.45) is 5.92 Å². The molecule has 3 unspecified atom stereocenters. The molecule has 0 radical (unpaired) electrons. The van der Waals surface area contributed by atoms with Crippen LogP contribution in [0.4, 0.5) is 18.9 Å². The molecule has 0 saturated heterocycles. The van der Waals surface area contributed by atoms with Gasteiger partial charge in [-0.1, -0.05) is 17.7 Å². The number of fused-ring (bicyclic) bond motifs is 5. The van der Waals surface area contributed by atoms with E-state index in [1.165, 1.54) is 14.1 Å². The number of esters is 1. The number of halogens is 4. The highest BCUT2D eigenvalue weighted by Crippen LogP contribution is 2.47. The van der Waals surface area contributed by atoms with E-state index in [2.05, 4.69) is 4.74 Å². The molecule has 1 heterocycles. The van der Waals surface area contributed by atoms with Gasteiger partial charge in [-0.05, 0) is 54.9 Å². The van der Waals surface area contributed by atoms with Crippen LogP contribution in [0, 0.1) is 5.92 Å². The van der Waals surface area contributed by atoms with Crippen LogP contribution in [0.1, 0.15) is 30.0 Å². The number of nitrogen functional groups attached to an aromatic ring is 1. The highest BCUT2D eigenvalue weighted by Gasteiger charge is 2.45. The lowest BCUT2D eigenvalue weighted by molar-refractivity contribution is -0.204. The van der Waals surface area contributed by atoms with E-state index in [9.17, 15) is 22.8 Å². The van der Waals surface area contributed by atoms with Crippen molar-refractivity contribution >= 4 is 40.1 Å². The summed E-state index contributed by atoms with van der Waals surface area (Å²) in [6, 6.07) is 5.24. The predicted molar refractivity (Wildman–Crippen MR) is 113 cm³/mol. The van der Waals surface area contributed by atoms with E-state index >= 15 is 0 Å². The van der Waals surface area contributed by atoms with Crippen molar-refractivity contribution in [2.75, 3.05) is 19.8 Å². The van der Waals surface area contributed by atoms with E-state index in [1.54, 1.807) is 24.3 Å². The molecule has 3 atom stereocenters. The first kappa shape index (κ1) is 22.4. The maximum atomic E-state index is 12.8. The van der Waals surface area contributed by atoms with Gasteiger partial charge in [0.2, 0.25) is 6.10 Å². The Bertz CT molecular complexity index is 1150. The minimum atomic E-state index is -5.20. The number of anilines is 1. The lowest BCUT2D eigenvalue weighted by Gasteiger charge is -2.37. The number of rotatable bonds is 3. The fourth-order valence-electron chi connectivity index (χ4n) is 4.61. The second-order valence-corrected chi connectivity index (χ2v) is 8.84. The van der Waals surface area contributed by atoms with Gasteiger partial charge in [-0.2, -0.15) is 13.2 Å². The summed E-state index contributed by atoms with van der Waals surface area (Å²) in [5, 5.41) is 1.28. The van der Waals surface area contributed by atoms with Crippen molar-refractivity contribution in [3.05, 3.63) is 46.1 Å². The fraction of sp³-hybridized carbons (Fsp3) is 0.409. The van der Waals surface area contributed by atoms with Crippen molar-refractivity contribution in [1.82, 2.24) is 9.88 Å². The van der Waals surface area contributed by atoms with E-state index in [-0.39, 0.29) is 18.3 Å². The Hall–Kier alpha value is -2.81. The Labute approximate surface area is 187 Å². The zero-order valence-electron chi connectivity index (χ0n) is 17.4. The van der Waals surface area contributed by atoms with Gasteiger partial charge >= 0.3 is 12.1 Å². The monoisotopic (exact) mass is 467 g/mol. The molecule has 1 aromatic heterocycles. The van der Waals surface area contributed by atoms with E-state index in [4.69, 9.17) is 22.3 Å². The van der Waals surface area contributed by atoms with E-state index in [0.29, 0.717) is 28.2 Å². The first-order valence-electron chi connectivity index (χ1n) is 10.0. The molecule has 170 valence electrons. The standard InChI is InChI=1S/C22H21ClF3N3O3/c1-29(2)20(30)19(32-21(31)22(24,25)26)12-6-10-5-11(8-12)17-16(7-10)28-15-9-13(23)3-4-14(15)18(17)27/h3-4,6,9-11,19H,5,7-8H2,1-2H3,(H2,27,28). The molecule has 1 amide bonds. The summed E-state index contributed by atoms with van der Waals surface area (Å²) in [7, 11) is 2.80. The molecular weight excluding hydrogens is 447 g/mol. The summed E-state index contributed by atoms with van der Waals surface area (Å²) in [5.41, 5.74) is 9.71. The summed E-state index contributed by atoms with van der Waals surface area (Å²) in [6.07, 6.45) is -3.62. The number of carbonyl (C=O) groups excluding carboxylic acids is 2. The number of alkyl halides is 3. The number of benzene rings is 1. The summed E-state index contributed by atoms with van der Waals surface area (Å²) >= 11 is 6.08. The molecule has 0 saturated carbocycles. The van der Waals surface area contributed by atoms with Crippen molar-refractivity contribution in [2.45, 2.75) is 37.5 Å². The third-order valence-electron chi connectivity index (χ3n) is 5.95. The van der Waals surface area contributed by atoms with Crippen LogP contribution in [0.3, 0.4) is 0 Å². The van der Waals surface area contributed by atoms with Gasteiger partial charge in [0.15, 0.2) is 0 Å². The Morgan fingerprint density at radius 1 is 1.28 bits per heavy atom. The molecule has 6 nitrogen and oxygen atoms in total. The second kappa shape index (κ2) is 7.95. The molecule has 32 heavy (non-hydrogen) atoms. The van der Waals surface area contributed by atoms with Crippen molar-refractivity contribution in [3.8, 4) is 0 Å². The van der Waals surface area contributed by atoms with Gasteiger partial charge in [-0.15, -0.1) is 0 Å². The third kappa shape index (κ3) is 4.01. The number of hydrogen-bond donors (Lipinski definition) is 1. The van der Waals surface area contributed by atoms with Gasteiger partial charge in [-0.3, -0.25) is 9.78 Å². The molecule has 0 aliphatic heterocycles. The zero-order chi connectivity index (χ0) is 23.4. The van der Waals surface area contributed by atoms with Crippen LogP contribution < -0.4 is 5.73 Å². The molecule has 0 spiro atoms. The van der Waals surface area contributed by atoms with Gasteiger partial charge in [0.1, 0.15) is 0 Å². The number of nitrogens with two attached hydrogens (primary N) is 1. The van der Waals surface area contributed by atoms with Crippen molar-refractivity contribution in [3.63, 3.8) is 0 Å². The largest absolute Gasteiger partial charge is 0.490 e. The van der Waals surface area contributed by atoms with Crippen molar-refractivity contribution < 1.29 is 27.5 Å². The molecule has 2 N–H and O–H groups in total.